The van der Waals surface area contributed by atoms with Crippen LogP contribution in [-0.4, -0.2) is 45.2 Å². The van der Waals surface area contributed by atoms with Gasteiger partial charge in [0, 0.05) is 31.5 Å². The summed E-state index contributed by atoms with van der Waals surface area (Å²) in [7, 11) is 1.69. The van der Waals surface area contributed by atoms with E-state index >= 15 is 0 Å². The molecule has 10 nitrogen and oxygen atoms in total. The van der Waals surface area contributed by atoms with Crippen LogP contribution in [0.15, 0.2) is 47.1 Å². The van der Waals surface area contributed by atoms with Crippen LogP contribution >= 0.6 is 0 Å². The number of nitrogens with one attached hydrogen (secondary N) is 3. The molecule has 228 valence electrons. The maximum absolute atomic E-state index is 14.1. The number of benzene rings is 1. The second-order valence-electron chi connectivity index (χ2n) is 13.2. The summed E-state index contributed by atoms with van der Waals surface area (Å²) in [5.74, 6) is -0.261. The van der Waals surface area contributed by atoms with Crippen molar-refractivity contribution in [2.24, 2.45) is 18.4 Å². The first-order valence-corrected chi connectivity index (χ1v) is 15.6. The van der Waals surface area contributed by atoms with Crippen molar-refractivity contribution < 1.29 is 18.9 Å². The smallest absolute Gasteiger partial charge is 0.270 e. The number of carbonyl (C=O) groups is 3. The van der Waals surface area contributed by atoms with Crippen LogP contribution < -0.4 is 16.0 Å². The summed E-state index contributed by atoms with van der Waals surface area (Å²) in [5.41, 5.74) is 2.17. The van der Waals surface area contributed by atoms with E-state index in [9.17, 15) is 14.4 Å². The van der Waals surface area contributed by atoms with Gasteiger partial charge in [-0.25, -0.2) is 0 Å². The van der Waals surface area contributed by atoms with Gasteiger partial charge < -0.3 is 20.5 Å². The van der Waals surface area contributed by atoms with Crippen molar-refractivity contribution in [1.29, 1.82) is 0 Å². The SMILES string of the molecule is Cc1cc(C(C2CC2)[C@H](NC(=O)c2ccnn2C)C(=O)Nc2cccc(C3(C(=O)NCC4(C)CCC4)CCCC3)c2)on1. The van der Waals surface area contributed by atoms with Crippen LogP contribution in [0.2, 0.25) is 0 Å². The van der Waals surface area contributed by atoms with Gasteiger partial charge >= 0.3 is 0 Å². The Morgan fingerprint density at radius 2 is 1.84 bits per heavy atom. The van der Waals surface area contributed by atoms with Gasteiger partial charge in [0.2, 0.25) is 11.8 Å². The van der Waals surface area contributed by atoms with E-state index in [0.717, 1.165) is 62.6 Å². The van der Waals surface area contributed by atoms with Crippen LogP contribution in [0.4, 0.5) is 5.69 Å². The van der Waals surface area contributed by atoms with Crippen molar-refractivity contribution in [2.45, 2.75) is 89.0 Å². The first-order chi connectivity index (χ1) is 20.7. The molecule has 0 spiro atoms. The monoisotopic (exact) mass is 586 g/mol. The Balaban J connectivity index is 1.25. The molecule has 0 aliphatic heterocycles. The van der Waals surface area contributed by atoms with Crippen molar-refractivity contribution in [1.82, 2.24) is 25.6 Å². The quantitative estimate of drug-likeness (QED) is 0.297. The summed E-state index contributed by atoms with van der Waals surface area (Å²) >= 11 is 0. The third-order valence-corrected chi connectivity index (χ3v) is 9.90. The van der Waals surface area contributed by atoms with Crippen molar-refractivity contribution >= 4 is 23.4 Å². The molecule has 2 heterocycles. The van der Waals surface area contributed by atoms with E-state index < -0.39 is 17.4 Å². The normalized spacial score (nSPS) is 20.1. The number of hydrogen-bond acceptors (Lipinski definition) is 6. The zero-order chi connectivity index (χ0) is 30.2. The third kappa shape index (κ3) is 5.96. The summed E-state index contributed by atoms with van der Waals surface area (Å²) in [6.45, 7) is 4.78. The lowest BCUT2D eigenvalue weighted by Gasteiger charge is -2.39. The van der Waals surface area contributed by atoms with Gasteiger partial charge in [-0.3, -0.25) is 19.1 Å². The van der Waals surface area contributed by atoms with Crippen LogP contribution in [0.3, 0.4) is 0 Å². The zero-order valence-corrected chi connectivity index (χ0v) is 25.3. The van der Waals surface area contributed by atoms with E-state index in [1.807, 2.05) is 37.3 Å². The Kier molecular flexibility index (Phi) is 7.87. The van der Waals surface area contributed by atoms with E-state index in [2.05, 4.69) is 33.1 Å². The molecule has 0 bridgehead atoms. The molecule has 2 atom stereocenters. The van der Waals surface area contributed by atoms with Gasteiger partial charge in [-0.05, 0) is 80.5 Å². The highest BCUT2D eigenvalue weighted by Crippen LogP contribution is 2.46. The summed E-state index contributed by atoms with van der Waals surface area (Å²) < 4.78 is 7.13. The Hall–Kier alpha value is -3.95. The molecule has 0 radical (unpaired) electrons. The molecular formula is C33H42N6O4. The lowest BCUT2D eigenvalue weighted by Crippen LogP contribution is -2.49. The van der Waals surface area contributed by atoms with Crippen LogP contribution in [-0.2, 0) is 22.1 Å². The molecule has 10 heteroatoms. The molecule has 1 aromatic carbocycles. The molecule has 43 heavy (non-hydrogen) atoms. The molecule has 3 aromatic rings. The molecule has 3 amide bonds. The van der Waals surface area contributed by atoms with Crippen LogP contribution in [0.1, 0.15) is 98.1 Å². The summed E-state index contributed by atoms with van der Waals surface area (Å²) in [6.07, 6.45) is 10.5. The van der Waals surface area contributed by atoms with E-state index in [4.69, 9.17) is 4.52 Å². The van der Waals surface area contributed by atoms with Crippen LogP contribution in [0, 0.1) is 18.3 Å². The van der Waals surface area contributed by atoms with Gasteiger partial charge in [0.05, 0.1) is 17.0 Å². The fourth-order valence-corrected chi connectivity index (χ4v) is 6.95. The predicted octanol–water partition coefficient (Wildman–Crippen LogP) is 4.77. The molecular weight excluding hydrogens is 544 g/mol. The average molecular weight is 587 g/mol. The van der Waals surface area contributed by atoms with Gasteiger partial charge in [-0.2, -0.15) is 5.10 Å². The molecule has 3 saturated carbocycles. The number of nitrogens with zero attached hydrogens (tertiary/aromatic N) is 3. The molecule has 2 aromatic heterocycles. The van der Waals surface area contributed by atoms with Gasteiger partial charge in [-0.1, -0.05) is 43.5 Å². The number of carbonyl (C=O) groups excluding carboxylic acids is 3. The lowest BCUT2D eigenvalue weighted by atomic mass is 9.70. The van der Waals surface area contributed by atoms with Crippen molar-refractivity contribution in [3.05, 3.63) is 65.3 Å². The fourth-order valence-electron chi connectivity index (χ4n) is 6.95. The zero-order valence-electron chi connectivity index (χ0n) is 25.3. The molecule has 3 aliphatic carbocycles. The number of anilines is 1. The Labute approximate surface area is 252 Å². The Bertz CT molecular complexity index is 1490. The molecule has 3 fully saturated rings. The van der Waals surface area contributed by atoms with E-state index in [1.54, 1.807) is 19.3 Å². The Morgan fingerprint density at radius 1 is 1.07 bits per heavy atom. The molecule has 1 unspecified atom stereocenters. The number of rotatable bonds is 11. The third-order valence-electron chi connectivity index (χ3n) is 9.90. The van der Waals surface area contributed by atoms with Crippen molar-refractivity contribution in [3.63, 3.8) is 0 Å². The topological polar surface area (TPSA) is 131 Å². The molecule has 3 aliphatic rings. The molecule has 3 N–H and O–H groups in total. The highest BCUT2D eigenvalue weighted by atomic mass is 16.5. The van der Waals surface area contributed by atoms with Gasteiger partial charge in [0.15, 0.2) is 0 Å². The minimum Gasteiger partial charge on any atom is -0.361 e. The van der Waals surface area contributed by atoms with Crippen LogP contribution in [0.5, 0.6) is 0 Å². The van der Waals surface area contributed by atoms with Gasteiger partial charge in [-0.15, -0.1) is 0 Å². The summed E-state index contributed by atoms with van der Waals surface area (Å²) in [6, 6.07) is 10.2. The van der Waals surface area contributed by atoms with Gasteiger partial charge in [0.1, 0.15) is 17.5 Å². The number of amides is 3. The first-order valence-electron chi connectivity index (χ1n) is 15.6. The minimum atomic E-state index is -0.905. The maximum atomic E-state index is 14.1. The highest BCUT2D eigenvalue weighted by Gasteiger charge is 2.46. The van der Waals surface area contributed by atoms with E-state index in [1.165, 1.54) is 11.1 Å². The molecule has 0 saturated heterocycles. The first kappa shape index (κ1) is 29.1. The number of aryl methyl sites for hydroxylation is 2. The minimum absolute atomic E-state index is 0.0809. The van der Waals surface area contributed by atoms with Crippen LogP contribution in [0.25, 0.3) is 0 Å². The maximum Gasteiger partial charge on any atom is 0.270 e. The summed E-state index contributed by atoms with van der Waals surface area (Å²) in [4.78, 5) is 41.1. The second-order valence-corrected chi connectivity index (χ2v) is 13.2. The standard InChI is InChI=1S/C33H42N6O4/c1-21-18-26(43-38-21)27(22-10-11-22)28(37-29(40)25-12-17-35-39(25)3)30(41)36-24-9-6-8-23(19-24)33(15-4-5-16-33)31(42)34-20-32(2)13-7-14-32/h6,8-9,12,17-19,22,27-28H,4-5,7,10-11,13-16,20H2,1-3H3,(H,34,42)(H,36,41)(H,37,40)/t27?,28-/m0/s1. The van der Waals surface area contributed by atoms with Crippen molar-refractivity contribution in [3.8, 4) is 0 Å². The van der Waals surface area contributed by atoms with Gasteiger partial charge in [0.25, 0.3) is 5.91 Å². The average Bonchev–Trinajstić information content (AvgIpc) is 3.31. The highest BCUT2D eigenvalue weighted by molar-refractivity contribution is 6.01. The Morgan fingerprint density at radius 3 is 2.44 bits per heavy atom. The molecule has 6 rings (SSSR count). The summed E-state index contributed by atoms with van der Waals surface area (Å²) in [5, 5.41) is 17.5. The predicted molar refractivity (Wildman–Crippen MR) is 161 cm³/mol. The number of hydrogen-bond donors (Lipinski definition) is 3. The second kappa shape index (κ2) is 11.6. The van der Waals surface area contributed by atoms with Crippen molar-refractivity contribution in [2.75, 3.05) is 11.9 Å². The van der Waals surface area contributed by atoms with E-state index in [-0.39, 0.29) is 29.1 Å². The largest absolute Gasteiger partial charge is 0.361 e. The lowest BCUT2D eigenvalue weighted by molar-refractivity contribution is -0.127. The fraction of sp³-hybridized carbons (Fsp3) is 0.545. The van der Waals surface area contributed by atoms with E-state index in [0.29, 0.717) is 23.7 Å². The number of aromatic nitrogens is 3.